The summed E-state index contributed by atoms with van der Waals surface area (Å²) in [4.78, 5) is 15.4. The molecular formula is C29H38ClF3N4O5. The third kappa shape index (κ3) is 7.89. The molecule has 1 aromatic carbocycles. The molecule has 0 radical (unpaired) electrons. The van der Waals surface area contributed by atoms with Crippen LogP contribution in [0.1, 0.15) is 45.1 Å². The third-order valence-corrected chi connectivity index (χ3v) is 8.86. The summed E-state index contributed by atoms with van der Waals surface area (Å²) in [5.41, 5.74) is 0.986. The molecule has 0 amide bonds. The van der Waals surface area contributed by atoms with Gasteiger partial charge in [-0.05, 0) is 62.3 Å². The molecule has 2 aliphatic heterocycles. The first kappa shape index (κ1) is 30.9. The summed E-state index contributed by atoms with van der Waals surface area (Å²) in [7, 11) is 0. The fourth-order valence-corrected chi connectivity index (χ4v) is 6.22. The quantitative estimate of drug-likeness (QED) is 0.408. The van der Waals surface area contributed by atoms with Gasteiger partial charge in [0, 0.05) is 37.3 Å². The highest BCUT2D eigenvalue weighted by Gasteiger charge is 2.33. The Morgan fingerprint density at radius 1 is 1.07 bits per heavy atom. The highest BCUT2D eigenvalue weighted by Crippen LogP contribution is 2.35. The number of nitrogens with one attached hydrogen (secondary N) is 1. The minimum atomic E-state index is -4.75. The van der Waals surface area contributed by atoms with Crippen LogP contribution in [0.3, 0.4) is 0 Å². The van der Waals surface area contributed by atoms with E-state index in [0.717, 1.165) is 31.6 Å². The first-order valence-corrected chi connectivity index (χ1v) is 15.0. The molecule has 1 aliphatic carbocycles. The van der Waals surface area contributed by atoms with Crippen LogP contribution < -0.4 is 20.5 Å². The van der Waals surface area contributed by atoms with Gasteiger partial charge in [-0.15, -0.1) is 13.2 Å². The van der Waals surface area contributed by atoms with Crippen molar-refractivity contribution in [3.8, 4) is 5.75 Å². The monoisotopic (exact) mass is 614 g/mol. The van der Waals surface area contributed by atoms with Gasteiger partial charge >= 0.3 is 6.36 Å². The van der Waals surface area contributed by atoms with Crippen molar-refractivity contribution in [3.05, 3.63) is 45.8 Å². The van der Waals surface area contributed by atoms with E-state index in [1.54, 1.807) is 18.3 Å². The van der Waals surface area contributed by atoms with Crippen LogP contribution in [0.15, 0.2) is 35.3 Å². The Balaban J connectivity index is 1.24. The van der Waals surface area contributed by atoms with E-state index in [0.29, 0.717) is 69.9 Å². The largest absolute Gasteiger partial charge is 0.573 e. The van der Waals surface area contributed by atoms with Crippen LogP contribution in [0.5, 0.6) is 5.75 Å². The smallest absolute Gasteiger partial charge is 0.406 e. The molecule has 1 saturated carbocycles. The van der Waals surface area contributed by atoms with Gasteiger partial charge in [-0.3, -0.25) is 4.79 Å². The molecule has 3 heterocycles. The molecule has 0 spiro atoms. The van der Waals surface area contributed by atoms with E-state index in [-0.39, 0.29) is 34.5 Å². The number of benzene rings is 1. The highest BCUT2D eigenvalue weighted by molar-refractivity contribution is 6.32. The maximum absolute atomic E-state index is 13.2. The molecule has 42 heavy (non-hydrogen) atoms. The summed E-state index contributed by atoms with van der Waals surface area (Å²) in [5, 5.41) is 7.90. The van der Waals surface area contributed by atoms with Gasteiger partial charge in [-0.1, -0.05) is 18.5 Å². The molecule has 13 heteroatoms. The van der Waals surface area contributed by atoms with Crippen LogP contribution in [-0.2, 0) is 14.2 Å². The molecule has 1 N–H and O–H groups in total. The predicted molar refractivity (Wildman–Crippen MR) is 152 cm³/mol. The minimum absolute atomic E-state index is 0.0907. The Morgan fingerprint density at radius 2 is 1.81 bits per heavy atom. The lowest BCUT2D eigenvalue weighted by Gasteiger charge is -2.40. The normalized spacial score (nSPS) is 26.9. The first-order chi connectivity index (χ1) is 20.2. The lowest BCUT2D eigenvalue weighted by atomic mass is 9.89. The maximum Gasteiger partial charge on any atom is 0.573 e. The second-order valence-corrected chi connectivity index (χ2v) is 11.7. The van der Waals surface area contributed by atoms with Gasteiger partial charge in [-0.25, -0.2) is 4.68 Å². The van der Waals surface area contributed by atoms with E-state index >= 15 is 0 Å². The predicted octanol–water partition coefficient (Wildman–Crippen LogP) is 5.29. The number of alkyl halides is 3. The summed E-state index contributed by atoms with van der Waals surface area (Å²) in [6, 6.07) is 5.90. The molecule has 3 fully saturated rings. The van der Waals surface area contributed by atoms with Crippen molar-refractivity contribution < 1.29 is 32.1 Å². The average molecular weight is 615 g/mol. The van der Waals surface area contributed by atoms with Crippen molar-refractivity contribution >= 4 is 23.0 Å². The van der Waals surface area contributed by atoms with E-state index in [9.17, 15) is 18.0 Å². The lowest BCUT2D eigenvalue weighted by molar-refractivity contribution is -0.274. The number of anilines is 2. The zero-order valence-corrected chi connectivity index (χ0v) is 24.4. The fourth-order valence-electron chi connectivity index (χ4n) is 6.01. The van der Waals surface area contributed by atoms with Gasteiger partial charge in [0.25, 0.3) is 5.56 Å². The average Bonchev–Trinajstić information content (AvgIpc) is 2.98. The molecule has 9 nitrogen and oxygen atoms in total. The fraction of sp³-hybridized carbons (Fsp3) is 0.655. The Labute approximate surface area is 248 Å². The second kappa shape index (κ2) is 13.8. The Kier molecular flexibility index (Phi) is 10.2. The molecule has 0 unspecified atom stereocenters. The van der Waals surface area contributed by atoms with Crippen molar-refractivity contribution in [2.75, 3.05) is 56.3 Å². The van der Waals surface area contributed by atoms with Gasteiger partial charge < -0.3 is 29.2 Å². The first-order valence-electron chi connectivity index (χ1n) is 14.6. The van der Waals surface area contributed by atoms with E-state index in [1.807, 2.05) is 0 Å². The van der Waals surface area contributed by atoms with Crippen LogP contribution >= 0.6 is 11.6 Å². The minimum Gasteiger partial charge on any atom is -0.406 e. The van der Waals surface area contributed by atoms with Gasteiger partial charge in [0.1, 0.15) is 10.8 Å². The number of nitrogens with zero attached hydrogens (tertiary/aromatic N) is 3. The molecule has 1 aromatic heterocycles. The summed E-state index contributed by atoms with van der Waals surface area (Å²) in [6.45, 7) is 6.35. The van der Waals surface area contributed by atoms with Crippen LogP contribution in [0.4, 0.5) is 24.5 Å². The zero-order valence-electron chi connectivity index (χ0n) is 23.7. The maximum atomic E-state index is 13.2. The molecular weight excluding hydrogens is 577 g/mol. The Bertz CT molecular complexity index is 1220. The Hall–Kier alpha value is -2.54. The van der Waals surface area contributed by atoms with Crippen LogP contribution in [0, 0.1) is 11.8 Å². The lowest BCUT2D eigenvalue weighted by Crippen LogP contribution is -2.46. The third-order valence-electron chi connectivity index (χ3n) is 8.49. The summed E-state index contributed by atoms with van der Waals surface area (Å²) >= 11 is 6.51. The topological polar surface area (TPSA) is 87.1 Å². The number of aromatic nitrogens is 2. The number of ether oxygens (including phenoxy) is 4. The van der Waals surface area contributed by atoms with E-state index in [1.165, 1.54) is 16.8 Å². The number of hydrogen-bond acceptors (Lipinski definition) is 8. The molecule has 0 bridgehead atoms. The molecule has 3 aliphatic rings. The van der Waals surface area contributed by atoms with Crippen molar-refractivity contribution in [2.24, 2.45) is 11.8 Å². The summed E-state index contributed by atoms with van der Waals surface area (Å²) < 4.78 is 60.6. The second-order valence-electron chi connectivity index (χ2n) is 11.3. The van der Waals surface area contributed by atoms with Gasteiger partial charge in [0.05, 0.1) is 50.5 Å². The SMILES string of the molecule is C[C@@H]1CCOC[C@H]1CNc1cnn([C@H]2CC[C@H](N(C[C@H]3COCCO3)c3ccc(OC(F)(F)F)cc3)CC2)c(=O)c1Cl. The van der Waals surface area contributed by atoms with Gasteiger partial charge in [-0.2, -0.15) is 5.10 Å². The molecule has 3 atom stereocenters. The van der Waals surface area contributed by atoms with E-state index in [2.05, 4.69) is 27.0 Å². The standard InChI is InChI=1S/C29H38ClF3N4O5/c1-19-10-11-39-17-20(19)14-34-26-15-35-37(28(38)27(26)30)23-4-2-21(3-5-23)36(16-25-18-40-12-13-41-25)22-6-8-24(9-7-22)42-29(31,32)33/h6-9,15,19-21,23,25,34H,2-5,10-14,16-18H2,1H3/t19-,20-,21-,23-,25+/m1/s1. The van der Waals surface area contributed by atoms with Crippen LogP contribution in [0.25, 0.3) is 0 Å². The van der Waals surface area contributed by atoms with Crippen LogP contribution in [0.2, 0.25) is 5.02 Å². The van der Waals surface area contributed by atoms with E-state index < -0.39 is 6.36 Å². The number of rotatable bonds is 9. The molecule has 232 valence electrons. The molecule has 2 saturated heterocycles. The van der Waals surface area contributed by atoms with Crippen molar-refractivity contribution in [1.29, 1.82) is 0 Å². The van der Waals surface area contributed by atoms with Crippen molar-refractivity contribution in [1.82, 2.24) is 9.78 Å². The summed E-state index contributed by atoms with van der Waals surface area (Å²) in [5.74, 6) is 0.597. The van der Waals surface area contributed by atoms with Crippen molar-refractivity contribution in [2.45, 2.75) is 63.6 Å². The molecule has 5 rings (SSSR count). The van der Waals surface area contributed by atoms with Gasteiger partial charge in [0.15, 0.2) is 0 Å². The van der Waals surface area contributed by atoms with Crippen LogP contribution in [-0.4, -0.2) is 74.4 Å². The molecule has 2 aromatic rings. The number of halogens is 4. The highest BCUT2D eigenvalue weighted by atomic mass is 35.5. The van der Waals surface area contributed by atoms with Gasteiger partial charge in [0.2, 0.25) is 0 Å². The van der Waals surface area contributed by atoms with E-state index in [4.69, 9.17) is 25.8 Å². The zero-order chi connectivity index (χ0) is 29.7. The summed E-state index contributed by atoms with van der Waals surface area (Å²) in [6.07, 6.45) is 0.638. The van der Waals surface area contributed by atoms with Crippen molar-refractivity contribution in [3.63, 3.8) is 0 Å². The Morgan fingerprint density at radius 3 is 2.48 bits per heavy atom. The number of hydrogen-bond donors (Lipinski definition) is 1.